The van der Waals surface area contributed by atoms with Crippen LogP contribution in [-0.4, -0.2) is 42.9 Å². The van der Waals surface area contributed by atoms with Gasteiger partial charge in [0.2, 0.25) is 0 Å². The van der Waals surface area contributed by atoms with Gasteiger partial charge in [0, 0.05) is 49.5 Å². The molecule has 2 aromatic carbocycles. The van der Waals surface area contributed by atoms with Crippen molar-refractivity contribution in [3.05, 3.63) is 60.2 Å². The van der Waals surface area contributed by atoms with Crippen molar-refractivity contribution in [3.8, 4) is 0 Å². The number of rotatable bonds is 6. The maximum Gasteiger partial charge on any atom is 0.416 e. The molecule has 3 aromatic rings. The van der Waals surface area contributed by atoms with Crippen molar-refractivity contribution in [2.24, 2.45) is 5.92 Å². The van der Waals surface area contributed by atoms with Crippen LogP contribution >= 0.6 is 0 Å². The summed E-state index contributed by atoms with van der Waals surface area (Å²) < 4.78 is 39.3. The van der Waals surface area contributed by atoms with Gasteiger partial charge in [-0.05, 0) is 55.9 Å². The molecule has 0 spiro atoms. The van der Waals surface area contributed by atoms with E-state index in [2.05, 4.69) is 10.2 Å². The maximum absolute atomic E-state index is 13.1. The molecule has 1 aliphatic carbocycles. The summed E-state index contributed by atoms with van der Waals surface area (Å²) in [6.07, 6.45) is -2.57. The molecule has 1 aromatic heterocycles. The number of nitrogens with zero attached hydrogens (tertiary/aromatic N) is 3. The second-order valence-electron chi connectivity index (χ2n) is 9.24. The normalized spacial score (nSPS) is 18.3. The van der Waals surface area contributed by atoms with E-state index in [9.17, 15) is 23.1 Å². The first-order valence-electron chi connectivity index (χ1n) is 11.6. The molecule has 1 saturated carbocycles. The van der Waals surface area contributed by atoms with Crippen LogP contribution in [-0.2, 0) is 6.18 Å². The molecule has 0 unspecified atom stereocenters. The van der Waals surface area contributed by atoms with E-state index >= 15 is 0 Å². The number of halogens is 3. The van der Waals surface area contributed by atoms with Crippen LogP contribution in [0.25, 0.3) is 10.9 Å². The first kappa shape index (κ1) is 24.6. The first-order valence-corrected chi connectivity index (χ1v) is 11.6. The van der Waals surface area contributed by atoms with Gasteiger partial charge in [-0.2, -0.15) is 13.2 Å². The number of para-hydroxylation sites is 1. The number of carboxylic acid groups (broad SMARTS) is 1. The maximum atomic E-state index is 13.1. The van der Waals surface area contributed by atoms with E-state index in [0.717, 1.165) is 65.1 Å². The lowest BCUT2D eigenvalue weighted by atomic mass is 9.85. The van der Waals surface area contributed by atoms with E-state index < -0.39 is 17.8 Å². The number of amides is 1. The molecule has 186 valence electrons. The molecule has 0 saturated heterocycles. The number of anilines is 3. The summed E-state index contributed by atoms with van der Waals surface area (Å²) in [5, 5.41) is 14.3. The Bertz CT molecular complexity index is 1190. The minimum atomic E-state index is -4.52. The Morgan fingerprint density at radius 3 is 2.43 bits per heavy atom. The van der Waals surface area contributed by atoms with Gasteiger partial charge >= 0.3 is 12.3 Å². The fourth-order valence-corrected chi connectivity index (χ4v) is 4.70. The third-order valence-corrected chi connectivity index (χ3v) is 6.53. The van der Waals surface area contributed by atoms with E-state index in [1.165, 1.54) is 12.1 Å². The number of alkyl halides is 3. The van der Waals surface area contributed by atoms with Crippen molar-refractivity contribution < 1.29 is 23.1 Å². The number of fused-ring (bicyclic) bond motifs is 1. The summed E-state index contributed by atoms with van der Waals surface area (Å²) in [5.41, 5.74) is 1.18. The molecule has 0 bridgehead atoms. The third-order valence-electron chi connectivity index (χ3n) is 6.53. The van der Waals surface area contributed by atoms with Crippen LogP contribution in [0.4, 0.5) is 35.2 Å². The van der Waals surface area contributed by atoms with Crippen molar-refractivity contribution in [2.75, 3.05) is 35.8 Å². The van der Waals surface area contributed by atoms with E-state index in [-0.39, 0.29) is 24.2 Å². The van der Waals surface area contributed by atoms with Crippen molar-refractivity contribution in [1.29, 1.82) is 0 Å². The number of pyridine rings is 1. The Morgan fingerprint density at radius 2 is 1.77 bits per heavy atom. The lowest BCUT2D eigenvalue weighted by Crippen LogP contribution is -2.37. The zero-order valence-corrected chi connectivity index (χ0v) is 19.7. The molecule has 1 heterocycles. The van der Waals surface area contributed by atoms with Crippen molar-refractivity contribution in [2.45, 2.75) is 37.9 Å². The van der Waals surface area contributed by atoms with Gasteiger partial charge in [0.25, 0.3) is 0 Å². The standard InChI is InChI=1S/C26H29F3N4O2/c1-32(2)23-15-24(31-22-9-4-3-8-21(22)23)30-19-12-10-17(11-13-19)16-33(25(34)35)20-7-5-6-18(14-20)26(27,28)29/h3-9,14-15,17,19H,10-13,16H2,1-2H3,(H,30,31)(H,34,35)/t17-,19+. The van der Waals surface area contributed by atoms with E-state index in [0.29, 0.717) is 0 Å². The highest BCUT2D eigenvalue weighted by molar-refractivity contribution is 5.93. The quantitative estimate of drug-likeness (QED) is 0.418. The van der Waals surface area contributed by atoms with Gasteiger partial charge in [-0.25, -0.2) is 9.78 Å². The molecule has 35 heavy (non-hydrogen) atoms. The number of nitrogens with one attached hydrogen (secondary N) is 1. The summed E-state index contributed by atoms with van der Waals surface area (Å²) in [7, 11) is 3.99. The zero-order chi connectivity index (χ0) is 25.2. The number of hydrogen-bond donors (Lipinski definition) is 2. The molecule has 1 amide bonds. The number of hydrogen-bond acceptors (Lipinski definition) is 4. The predicted molar refractivity (Wildman–Crippen MR) is 132 cm³/mol. The van der Waals surface area contributed by atoms with E-state index in [1.807, 2.05) is 44.4 Å². The van der Waals surface area contributed by atoms with Gasteiger partial charge in [0.1, 0.15) is 5.82 Å². The van der Waals surface area contributed by atoms with Crippen LogP contribution in [0.15, 0.2) is 54.6 Å². The van der Waals surface area contributed by atoms with Gasteiger partial charge in [0.15, 0.2) is 0 Å². The molecule has 0 aliphatic heterocycles. The Balaban J connectivity index is 1.41. The Hall–Kier alpha value is -3.49. The number of benzene rings is 2. The zero-order valence-electron chi connectivity index (χ0n) is 19.7. The first-order chi connectivity index (χ1) is 16.6. The molecule has 1 aliphatic rings. The topological polar surface area (TPSA) is 68.7 Å². The second kappa shape index (κ2) is 10.0. The van der Waals surface area contributed by atoms with Crippen LogP contribution < -0.4 is 15.1 Å². The average Bonchev–Trinajstić information content (AvgIpc) is 2.82. The smallest absolute Gasteiger partial charge is 0.416 e. The largest absolute Gasteiger partial charge is 0.465 e. The van der Waals surface area contributed by atoms with Crippen LogP contribution in [0, 0.1) is 5.92 Å². The van der Waals surface area contributed by atoms with Gasteiger partial charge < -0.3 is 15.3 Å². The van der Waals surface area contributed by atoms with Gasteiger partial charge in [-0.15, -0.1) is 0 Å². The van der Waals surface area contributed by atoms with Gasteiger partial charge in [-0.1, -0.05) is 24.3 Å². The molecular formula is C26H29F3N4O2. The lowest BCUT2D eigenvalue weighted by molar-refractivity contribution is -0.137. The Morgan fingerprint density at radius 1 is 1.06 bits per heavy atom. The summed E-state index contributed by atoms with van der Waals surface area (Å²) in [6.45, 7) is 0.169. The van der Waals surface area contributed by atoms with Crippen molar-refractivity contribution >= 4 is 34.2 Å². The highest BCUT2D eigenvalue weighted by atomic mass is 19.4. The highest BCUT2D eigenvalue weighted by Gasteiger charge is 2.32. The minimum Gasteiger partial charge on any atom is -0.465 e. The third kappa shape index (κ3) is 5.78. The van der Waals surface area contributed by atoms with E-state index in [4.69, 9.17) is 4.98 Å². The van der Waals surface area contributed by atoms with Crippen molar-refractivity contribution in [3.63, 3.8) is 0 Å². The summed E-state index contributed by atoms with van der Waals surface area (Å²) >= 11 is 0. The van der Waals surface area contributed by atoms with Gasteiger partial charge in [0.05, 0.1) is 11.1 Å². The monoisotopic (exact) mass is 486 g/mol. The van der Waals surface area contributed by atoms with Crippen molar-refractivity contribution in [1.82, 2.24) is 4.98 Å². The summed E-state index contributed by atoms with van der Waals surface area (Å²) in [4.78, 5) is 19.7. The molecular weight excluding hydrogens is 457 g/mol. The van der Waals surface area contributed by atoms with Gasteiger partial charge in [-0.3, -0.25) is 4.90 Å². The Labute approximate surface area is 202 Å². The molecule has 9 heteroatoms. The average molecular weight is 487 g/mol. The molecule has 0 atom stereocenters. The second-order valence-corrected chi connectivity index (χ2v) is 9.24. The molecule has 2 N–H and O–H groups in total. The molecule has 1 fully saturated rings. The van der Waals surface area contributed by atoms with Crippen LogP contribution in [0.1, 0.15) is 31.2 Å². The molecule has 4 rings (SSSR count). The molecule has 6 nitrogen and oxygen atoms in total. The fourth-order valence-electron chi connectivity index (χ4n) is 4.70. The number of carbonyl (C=O) groups is 1. The van der Waals surface area contributed by atoms with Crippen LogP contribution in [0.3, 0.4) is 0 Å². The SMILES string of the molecule is CN(C)c1cc(N[C@H]2CC[C@@H](CN(C(=O)O)c3cccc(C(F)(F)F)c3)CC2)nc2ccccc12. The van der Waals surface area contributed by atoms with E-state index in [1.54, 1.807) is 0 Å². The fraction of sp³-hybridized carbons (Fsp3) is 0.385. The number of aromatic nitrogens is 1. The van der Waals surface area contributed by atoms with Crippen LogP contribution in [0.2, 0.25) is 0 Å². The lowest BCUT2D eigenvalue weighted by Gasteiger charge is -2.32. The minimum absolute atomic E-state index is 0.0455. The predicted octanol–water partition coefficient (Wildman–Crippen LogP) is 6.47. The Kier molecular flexibility index (Phi) is 7.05. The highest BCUT2D eigenvalue weighted by Crippen LogP contribution is 2.34. The summed E-state index contributed by atoms with van der Waals surface area (Å²) in [6, 6.07) is 14.7. The summed E-state index contributed by atoms with van der Waals surface area (Å²) in [5.74, 6) is 0.868. The molecule has 0 radical (unpaired) electrons. The van der Waals surface area contributed by atoms with Crippen LogP contribution in [0.5, 0.6) is 0 Å².